The van der Waals surface area contributed by atoms with Gasteiger partial charge in [-0.1, -0.05) is 0 Å². The van der Waals surface area contributed by atoms with Gasteiger partial charge < -0.3 is 10.1 Å². The quantitative estimate of drug-likeness (QED) is 0.837. The molecular weight excluding hydrogens is 249 g/mol. The molecule has 0 aliphatic rings. The molecule has 0 aromatic heterocycles. The third kappa shape index (κ3) is 3.70. The van der Waals surface area contributed by atoms with E-state index in [9.17, 15) is 17.1 Å². The maximum Gasteiger partial charge on any atom is 0.332 e. The maximum absolute atomic E-state index is 12.8. The minimum Gasteiger partial charge on any atom is -0.492 e. The van der Waals surface area contributed by atoms with Crippen LogP contribution in [0.1, 0.15) is 13.8 Å². The number of benzene rings is 1. The van der Waals surface area contributed by atoms with Crippen molar-refractivity contribution in [3.8, 4) is 5.75 Å². The average molecular weight is 261 g/mol. The van der Waals surface area contributed by atoms with Crippen LogP contribution in [-0.2, 0) is 15.0 Å². The molecule has 1 amide bonds. The van der Waals surface area contributed by atoms with E-state index in [2.05, 4.69) is 5.32 Å². The van der Waals surface area contributed by atoms with Gasteiger partial charge in [0.2, 0.25) is 5.91 Å². The number of amides is 1. The SMILES string of the molecule is CCOc1ccc(S(=O)(=O)F)cc1NC(C)=O. The second-order valence-electron chi connectivity index (χ2n) is 3.21. The van der Waals surface area contributed by atoms with Crippen molar-refractivity contribution in [2.45, 2.75) is 18.7 Å². The second-order valence-corrected chi connectivity index (χ2v) is 4.56. The molecule has 5 nitrogen and oxygen atoms in total. The van der Waals surface area contributed by atoms with Gasteiger partial charge in [0, 0.05) is 6.92 Å². The minimum atomic E-state index is -4.80. The van der Waals surface area contributed by atoms with E-state index in [4.69, 9.17) is 4.74 Å². The van der Waals surface area contributed by atoms with Crippen LogP contribution in [0.25, 0.3) is 0 Å². The lowest BCUT2D eigenvalue weighted by Gasteiger charge is -2.11. The van der Waals surface area contributed by atoms with Crippen molar-refractivity contribution in [1.82, 2.24) is 0 Å². The Kier molecular flexibility index (Phi) is 4.06. The van der Waals surface area contributed by atoms with E-state index in [1.54, 1.807) is 6.92 Å². The first kappa shape index (κ1) is 13.4. The molecule has 1 aromatic rings. The number of halogens is 1. The monoisotopic (exact) mass is 261 g/mol. The summed E-state index contributed by atoms with van der Waals surface area (Å²) in [6.45, 7) is 3.33. The number of hydrogen-bond acceptors (Lipinski definition) is 4. The Morgan fingerprint density at radius 3 is 2.59 bits per heavy atom. The molecule has 0 aliphatic carbocycles. The van der Waals surface area contributed by atoms with Crippen molar-refractivity contribution in [3.05, 3.63) is 18.2 Å². The Morgan fingerprint density at radius 2 is 2.12 bits per heavy atom. The summed E-state index contributed by atoms with van der Waals surface area (Å²) in [4.78, 5) is 10.4. The first-order valence-corrected chi connectivity index (χ1v) is 6.22. The van der Waals surface area contributed by atoms with Gasteiger partial charge in [0.25, 0.3) is 0 Å². The summed E-state index contributed by atoms with van der Waals surface area (Å²) >= 11 is 0. The van der Waals surface area contributed by atoms with Crippen LogP contribution in [0.4, 0.5) is 9.57 Å². The molecule has 0 bridgehead atoms. The van der Waals surface area contributed by atoms with Crippen LogP contribution in [0.15, 0.2) is 23.1 Å². The third-order valence-corrected chi connectivity index (χ3v) is 2.66. The summed E-state index contributed by atoms with van der Waals surface area (Å²) in [5.74, 6) is -0.116. The Balaban J connectivity index is 3.23. The van der Waals surface area contributed by atoms with Crippen LogP contribution >= 0.6 is 0 Å². The van der Waals surface area contributed by atoms with E-state index in [1.165, 1.54) is 13.0 Å². The molecule has 0 saturated heterocycles. The van der Waals surface area contributed by atoms with Gasteiger partial charge in [-0.3, -0.25) is 4.79 Å². The van der Waals surface area contributed by atoms with Crippen molar-refractivity contribution in [1.29, 1.82) is 0 Å². The van der Waals surface area contributed by atoms with Crippen molar-refractivity contribution in [3.63, 3.8) is 0 Å². The van der Waals surface area contributed by atoms with E-state index in [0.29, 0.717) is 6.61 Å². The zero-order chi connectivity index (χ0) is 13.1. The zero-order valence-corrected chi connectivity index (χ0v) is 10.2. The minimum absolute atomic E-state index is 0.123. The molecular formula is C10H12FNO4S. The first-order valence-electron chi connectivity index (χ1n) is 4.83. The van der Waals surface area contributed by atoms with Gasteiger partial charge in [-0.05, 0) is 25.1 Å². The molecule has 0 spiro atoms. The molecule has 0 atom stereocenters. The summed E-state index contributed by atoms with van der Waals surface area (Å²) in [7, 11) is -4.80. The van der Waals surface area contributed by atoms with Gasteiger partial charge in [-0.2, -0.15) is 8.42 Å². The molecule has 7 heteroatoms. The van der Waals surface area contributed by atoms with Gasteiger partial charge in [-0.15, -0.1) is 3.89 Å². The first-order chi connectivity index (χ1) is 7.84. The normalized spacial score (nSPS) is 11.0. The molecule has 0 aliphatic heterocycles. The molecule has 17 heavy (non-hydrogen) atoms. The largest absolute Gasteiger partial charge is 0.492 e. The molecule has 0 fully saturated rings. The number of anilines is 1. The van der Waals surface area contributed by atoms with Gasteiger partial charge in [0.1, 0.15) is 10.6 Å². The fourth-order valence-corrected chi connectivity index (χ4v) is 1.72. The Hall–Kier alpha value is -1.63. The Morgan fingerprint density at radius 1 is 1.47 bits per heavy atom. The number of hydrogen-bond donors (Lipinski definition) is 1. The fourth-order valence-electron chi connectivity index (χ4n) is 1.23. The third-order valence-electron chi connectivity index (χ3n) is 1.84. The summed E-state index contributed by atoms with van der Waals surface area (Å²) in [6.07, 6.45) is 0. The number of rotatable bonds is 4. The molecule has 1 N–H and O–H groups in total. The van der Waals surface area contributed by atoms with Crippen LogP contribution in [0.3, 0.4) is 0 Å². The second kappa shape index (κ2) is 5.13. The maximum atomic E-state index is 12.8. The van der Waals surface area contributed by atoms with Gasteiger partial charge in [0.05, 0.1) is 12.3 Å². The Bertz CT molecular complexity index is 527. The highest BCUT2D eigenvalue weighted by atomic mass is 32.3. The van der Waals surface area contributed by atoms with Crippen LogP contribution in [0.5, 0.6) is 5.75 Å². The van der Waals surface area contributed by atoms with Crippen molar-refractivity contribution >= 4 is 21.8 Å². The Labute approximate surface area is 98.8 Å². The highest BCUT2D eigenvalue weighted by Gasteiger charge is 2.15. The summed E-state index contributed by atoms with van der Waals surface area (Å²) in [6, 6.07) is 3.38. The van der Waals surface area contributed by atoms with E-state index in [-0.39, 0.29) is 11.4 Å². The topological polar surface area (TPSA) is 72.5 Å². The highest BCUT2D eigenvalue weighted by Crippen LogP contribution is 2.28. The number of nitrogens with one attached hydrogen (secondary N) is 1. The molecule has 1 aromatic carbocycles. The number of ether oxygens (including phenoxy) is 1. The number of carbonyl (C=O) groups is 1. The molecule has 94 valence electrons. The lowest BCUT2D eigenvalue weighted by Crippen LogP contribution is -2.08. The molecule has 0 radical (unpaired) electrons. The van der Waals surface area contributed by atoms with E-state index < -0.39 is 21.0 Å². The standard InChI is InChI=1S/C10H12FNO4S/c1-3-16-10-5-4-8(17(11,14)15)6-9(10)12-7(2)13/h4-6H,3H2,1-2H3,(H,12,13). The molecule has 0 heterocycles. The number of carbonyl (C=O) groups excluding carboxylic acids is 1. The van der Waals surface area contributed by atoms with Crippen LogP contribution in [0, 0.1) is 0 Å². The van der Waals surface area contributed by atoms with Gasteiger partial charge in [0.15, 0.2) is 0 Å². The summed E-state index contributed by atoms with van der Waals surface area (Å²) in [5.41, 5.74) is 0.123. The average Bonchev–Trinajstić information content (AvgIpc) is 2.18. The van der Waals surface area contributed by atoms with Crippen LogP contribution < -0.4 is 10.1 Å². The van der Waals surface area contributed by atoms with E-state index >= 15 is 0 Å². The van der Waals surface area contributed by atoms with Crippen molar-refractivity contribution < 1.29 is 21.8 Å². The van der Waals surface area contributed by atoms with Crippen molar-refractivity contribution in [2.75, 3.05) is 11.9 Å². The fraction of sp³-hybridized carbons (Fsp3) is 0.300. The highest BCUT2D eigenvalue weighted by molar-refractivity contribution is 7.86. The lowest BCUT2D eigenvalue weighted by molar-refractivity contribution is -0.114. The van der Waals surface area contributed by atoms with Crippen LogP contribution in [0.2, 0.25) is 0 Å². The van der Waals surface area contributed by atoms with E-state index in [0.717, 1.165) is 12.1 Å². The van der Waals surface area contributed by atoms with Gasteiger partial charge >= 0.3 is 10.2 Å². The summed E-state index contributed by atoms with van der Waals surface area (Å²) in [5, 5.41) is 2.38. The smallest absolute Gasteiger partial charge is 0.332 e. The predicted molar refractivity (Wildman–Crippen MR) is 60.2 cm³/mol. The summed E-state index contributed by atoms with van der Waals surface area (Å²) < 4.78 is 39.4. The van der Waals surface area contributed by atoms with E-state index in [1.807, 2.05) is 0 Å². The predicted octanol–water partition coefficient (Wildman–Crippen LogP) is 1.70. The zero-order valence-electron chi connectivity index (χ0n) is 9.36. The van der Waals surface area contributed by atoms with Gasteiger partial charge in [-0.25, -0.2) is 0 Å². The lowest BCUT2D eigenvalue weighted by atomic mass is 10.3. The molecule has 0 saturated carbocycles. The van der Waals surface area contributed by atoms with Crippen molar-refractivity contribution in [2.24, 2.45) is 0 Å². The van der Waals surface area contributed by atoms with Crippen LogP contribution in [-0.4, -0.2) is 20.9 Å². The molecule has 0 unspecified atom stereocenters. The molecule has 1 rings (SSSR count).